The molecule has 0 saturated carbocycles. The zero-order valence-corrected chi connectivity index (χ0v) is 16.9. The minimum Gasteiger partial charge on any atom is -0.492 e. The molecule has 0 radical (unpaired) electrons. The summed E-state index contributed by atoms with van der Waals surface area (Å²) in [5.41, 5.74) is -2.37. The van der Waals surface area contributed by atoms with Crippen molar-refractivity contribution in [3.63, 3.8) is 0 Å². The Morgan fingerprint density at radius 2 is 1.90 bits per heavy atom. The Morgan fingerprint density at radius 3 is 2.43 bits per heavy atom. The maximum atomic E-state index is 13.0. The van der Waals surface area contributed by atoms with Crippen molar-refractivity contribution in [2.45, 2.75) is 51.1 Å². The van der Waals surface area contributed by atoms with Gasteiger partial charge in [0.25, 0.3) is 5.69 Å². The van der Waals surface area contributed by atoms with E-state index in [4.69, 9.17) is 9.47 Å². The summed E-state index contributed by atoms with van der Waals surface area (Å²) in [6, 6.07) is 2.38. The third-order valence-corrected chi connectivity index (χ3v) is 5.06. The van der Waals surface area contributed by atoms with Crippen LogP contribution >= 0.6 is 0 Å². The quantitative estimate of drug-likeness (QED) is 0.522. The van der Waals surface area contributed by atoms with Gasteiger partial charge in [0.2, 0.25) is 0 Å². The zero-order valence-electron chi connectivity index (χ0n) is 16.9. The number of piperazine rings is 1. The number of nitrogens with zero attached hydrogens (tertiary/aromatic N) is 3. The Labute approximate surface area is 171 Å². The van der Waals surface area contributed by atoms with Gasteiger partial charge >= 0.3 is 12.3 Å². The lowest BCUT2D eigenvalue weighted by atomic mass is 10.2. The smallest absolute Gasteiger partial charge is 0.416 e. The zero-order chi connectivity index (χ0) is 22.3. The van der Waals surface area contributed by atoms with Crippen LogP contribution in [0.25, 0.3) is 0 Å². The van der Waals surface area contributed by atoms with Crippen LogP contribution in [-0.4, -0.2) is 64.7 Å². The van der Waals surface area contributed by atoms with Crippen molar-refractivity contribution in [2.24, 2.45) is 0 Å². The molecule has 2 saturated heterocycles. The Kier molecular flexibility index (Phi) is 5.85. The highest BCUT2D eigenvalue weighted by molar-refractivity contribution is 5.69. The van der Waals surface area contributed by atoms with Gasteiger partial charge in [0.05, 0.1) is 16.6 Å². The lowest BCUT2D eigenvalue weighted by Gasteiger charge is -2.35. The number of carbonyl (C=O) groups excluding carboxylic acids is 1. The molecule has 2 aliphatic rings. The fraction of sp³-hybridized carbons (Fsp3) is 0.632. The van der Waals surface area contributed by atoms with Gasteiger partial charge in [0.1, 0.15) is 18.0 Å². The van der Waals surface area contributed by atoms with Crippen LogP contribution in [0.1, 0.15) is 32.8 Å². The van der Waals surface area contributed by atoms with Gasteiger partial charge in [0.15, 0.2) is 0 Å². The number of likely N-dealkylation sites (tertiary alicyclic amines) is 2. The molecule has 3 rings (SSSR count). The van der Waals surface area contributed by atoms with Gasteiger partial charge in [0, 0.05) is 37.8 Å². The second kappa shape index (κ2) is 7.93. The van der Waals surface area contributed by atoms with Crippen molar-refractivity contribution >= 4 is 11.8 Å². The summed E-state index contributed by atoms with van der Waals surface area (Å²) >= 11 is 0. The van der Waals surface area contributed by atoms with E-state index in [1.165, 1.54) is 0 Å². The van der Waals surface area contributed by atoms with Gasteiger partial charge in [-0.15, -0.1) is 0 Å². The van der Waals surface area contributed by atoms with Crippen LogP contribution in [0.2, 0.25) is 0 Å². The number of halogens is 3. The molecule has 11 heteroatoms. The molecule has 2 atom stereocenters. The first-order valence-corrected chi connectivity index (χ1v) is 9.56. The lowest BCUT2D eigenvalue weighted by Crippen LogP contribution is -2.50. The molecule has 2 aliphatic heterocycles. The van der Waals surface area contributed by atoms with E-state index in [0.717, 1.165) is 18.6 Å². The van der Waals surface area contributed by atoms with Crippen LogP contribution in [-0.2, 0) is 10.9 Å². The number of nitro groups is 1. The molecule has 1 unspecified atom stereocenters. The molecule has 166 valence electrons. The van der Waals surface area contributed by atoms with Gasteiger partial charge in [-0.25, -0.2) is 4.79 Å². The molecule has 1 amide bonds. The predicted octanol–water partition coefficient (Wildman–Crippen LogP) is 3.69. The predicted molar refractivity (Wildman–Crippen MR) is 100 cm³/mol. The second-order valence-electron chi connectivity index (χ2n) is 8.49. The Balaban J connectivity index is 1.55. The van der Waals surface area contributed by atoms with Crippen molar-refractivity contribution in [1.29, 1.82) is 0 Å². The van der Waals surface area contributed by atoms with Gasteiger partial charge in [-0.05, 0) is 33.3 Å². The number of nitro benzene ring substituents is 1. The molecular weight excluding hydrogens is 407 g/mol. The average molecular weight is 431 g/mol. The highest BCUT2D eigenvalue weighted by atomic mass is 19.4. The number of hydrogen-bond donors (Lipinski definition) is 0. The van der Waals surface area contributed by atoms with Crippen LogP contribution in [0.3, 0.4) is 0 Å². The highest BCUT2D eigenvalue weighted by Crippen LogP contribution is 2.35. The fourth-order valence-electron chi connectivity index (χ4n) is 3.78. The molecule has 1 aromatic rings. The summed E-state index contributed by atoms with van der Waals surface area (Å²) in [6.45, 7) is 7.08. The number of alkyl halides is 3. The topological polar surface area (TPSA) is 85.2 Å². The van der Waals surface area contributed by atoms with Gasteiger partial charge in [-0.1, -0.05) is 0 Å². The molecule has 0 aromatic heterocycles. The van der Waals surface area contributed by atoms with Gasteiger partial charge in [-0.2, -0.15) is 13.2 Å². The number of carbonyl (C=O) groups is 1. The number of ether oxygens (including phenoxy) is 2. The lowest BCUT2D eigenvalue weighted by molar-refractivity contribution is -0.385. The summed E-state index contributed by atoms with van der Waals surface area (Å²) in [6.07, 6.45) is -4.25. The average Bonchev–Trinajstić information content (AvgIpc) is 3.19. The summed E-state index contributed by atoms with van der Waals surface area (Å²) in [7, 11) is 0. The van der Waals surface area contributed by atoms with Crippen molar-refractivity contribution in [3.8, 4) is 5.75 Å². The highest BCUT2D eigenvalue weighted by Gasteiger charge is 2.46. The molecule has 0 N–H and O–H groups in total. The summed E-state index contributed by atoms with van der Waals surface area (Å²) in [5, 5.41) is 10.9. The van der Waals surface area contributed by atoms with Crippen LogP contribution in [0.5, 0.6) is 5.75 Å². The Bertz CT molecular complexity index is 825. The monoisotopic (exact) mass is 431 g/mol. The van der Waals surface area contributed by atoms with E-state index >= 15 is 0 Å². The Hall–Kier alpha value is -2.56. The molecule has 1 aromatic carbocycles. The summed E-state index contributed by atoms with van der Waals surface area (Å²) in [4.78, 5) is 26.1. The third kappa shape index (κ3) is 5.13. The van der Waals surface area contributed by atoms with Crippen molar-refractivity contribution in [2.75, 3.05) is 26.2 Å². The van der Waals surface area contributed by atoms with Crippen LogP contribution in [0, 0.1) is 10.1 Å². The van der Waals surface area contributed by atoms with Crippen LogP contribution in [0.15, 0.2) is 18.2 Å². The van der Waals surface area contributed by atoms with E-state index < -0.39 is 28.0 Å². The summed E-state index contributed by atoms with van der Waals surface area (Å²) in [5.74, 6) is -0.198. The fourth-order valence-corrected chi connectivity index (χ4v) is 3.78. The molecule has 2 heterocycles. The Morgan fingerprint density at radius 1 is 1.20 bits per heavy atom. The maximum Gasteiger partial charge on any atom is 0.416 e. The molecule has 0 spiro atoms. The third-order valence-electron chi connectivity index (χ3n) is 5.06. The van der Waals surface area contributed by atoms with Gasteiger partial charge in [-0.3, -0.25) is 15.0 Å². The number of rotatable bonds is 5. The van der Waals surface area contributed by atoms with Crippen molar-refractivity contribution < 1.29 is 32.4 Å². The number of non-ortho nitro benzene ring substituents is 1. The molecule has 2 bridgehead atoms. The van der Waals surface area contributed by atoms with E-state index in [1.54, 1.807) is 25.7 Å². The number of benzene rings is 1. The first-order valence-electron chi connectivity index (χ1n) is 9.56. The van der Waals surface area contributed by atoms with E-state index in [1.807, 2.05) is 0 Å². The number of fused-ring (bicyclic) bond motifs is 2. The molecule has 0 aliphatic carbocycles. The standard InChI is InChI=1S/C19H24F3N3O5/c1-18(2,3)30-17(26)24-11-14-8-15(24)10-23(14)4-5-29-16-7-12(19(20,21)22)6-13(9-16)25(27)28/h6-7,9,14-15H,4-5,8,10-11H2,1-3H3/t14-,15?/m1/s1. The number of amides is 1. The molecule has 2 fully saturated rings. The van der Waals surface area contributed by atoms with Crippen molar-refractivity contribution in [1.82, 2.24) is 9.80 Å². The first kappa shape index (κ1) is 22.1. The van der Waals surface area contributed by atoms with E-state index in [0.29, 0.717) is 25.7 Å². The normalized spacial score (nSPS) is 21.7. The minimum atomic E-state index is -4.71. The minimum absolute atomic E-state index is 0.0273. The molecule has 30 heavy (non-hydrogen) atoms. The van der Waals surface area contributed by atoms with Crippen LogP contribution in [0.4, 0.5) is 23.7 Å². The van der Waals surface area contributed by atoms with E-state index in [9.17, 15) is 28.1 Å². The van der Waals surface area contributed by atoms with Crippen LogP contribution < -0.4 is 4.74 Å². The van der Waals surface area contributed by atoms with E-state index in [2.05, 4.69) is 4.90 Å². The second-order valence-corrected chi connectivity index (χ2v) is 8.49. The van der Waals surface area contributed by atoms with Gasteiger partial charge < -0.3 is 14.4 Å². The van der Waals surface area contributed by atoms with Crippen molar-refractivity contribution in [3.05, 3.63) is 33.9 Å². The SMILES string of the molecule is CC(C)(C)OC(=O)N1C[C@H]2CC1CN2CCOc1cc([N+](=O)[O-])cc(C(F)(F)F)c1. The summed E-state index contributed by atoms with van der Waals surface area (Å²) < 4.78 is 49.7. The molecule has 8 nitrogen and oxygen atoms in total. The largest absolute Gasteiger partial charge is 0.492 e. The molecular formula is C19H24F3N3O5. The van der Waals surface area contributed by atoms with E-state index in [-0.39, 0.29) is 30.5 Å². The maximum absolute atomic E-state index is 13.0. The number of hydrogen-bond acceptors (Lipinski definition) is 6. The first-order chi connectivity index (χ1) is 13.8.